The lowest BCUT2D eigenvalue weighted by atomic mass is 9.98. The molecular formula is C17H20FNO2. The van der Waals surface area contributed by atoms with E-state index in [4.69, 9.17) is 15.2 Å². The summed E-state index contributed by atoms with van der Waals surface area (Å²) in [6.07, 6.45) is 0.398. The summed E-state index contributed by atoms with van der Waals surface area (Å²) in [6.45, 7) is 1.97. The molecule has 1 unspecified atom stereocenters. The molecule has 0 fully saturated rings. The molecule has 0 aliphatic rings. The first kappa shape index (κ1) is 15.3. The normalized spacial score (nSPS) is 12.0. The van der Waals surface area contributed by atoms with Crippen molar-refractivity contribution in [3.05, 3.63) is 58.9 Å². The number of benzene rings is 2. The summed E-state index contributed by atoms with van der Waals surface area (Å²) in [4.78, 5) is 0. The van der Waals surface area contributed by atoms with Crippen molar-refractivity contribution in [1.82, 2.24) is 0 Å². The first-order valence-corrected chi connectivity index (χ1v) is 6.78. The van der Waals surface area contributed by atoms with Crippen LogP contribution in [0.5, 0.6) is 11.5 Å². The number of halogens is 1. The Hall–Kier alpha value is -2.07. The maximum atomic E-state index is 14.2. The van der Waals surface area contributed by atoms with Crippen molar-refractivity contribution >= 4 is 0 Å². The summed E-state index contributed by atoms with van der Waals surface area (Å²) < 4.78 is 24.4. The van der Waals surface area contributed by atoms with E-state index in [1.54, 1.807) is 25.3 Å². The second-order valence-electron chi connectivity index (χ2n) is 4.97. The zero-order chi connectivity index (χ0) is 15.4. The number of nitrogens with two attached hydrogens (primary N) is 1. The molecule has 1 atom stereocenters. The predicted molar refractivity (Wildman–Crippen MR) is 81.3 cm³/mol. The van der Waals surface area contributed by atoms with Gasteiger partial charge in [0.25, 0.3) is 0 Å². The van der Waals surface area contributed by atoms with Crippen molar-refractivity contribution < 1.29 is 13.9 Å². The molecule has 112 valence electrons. The number of hydrogen-bond acceptors (Lipinski definition) is 3. The van der Waals surface area contributed by atoms with Crippen LogP contribution in [0.3, 0.4) is 0 Å². The monoisotopic (exact) mass is 289 g/mol. The van der Waals surface area contributed by atoms with E-state index in [1.165, 1.54) is 7.11 Å². The minimum absolute atomic E-state index is 0.237. The lowest BCUT2D eigenvalue weighted by molar-refractivity contribution is 0.383. The second-order valence-corrected chi connectivity index (χ2v) is 4.97. The van der Waals surface area contributed by atoms with E-state index >= 15 is 0 Å². The van der Waals surface area contributed by atoms with Crippen molar-refractivity contribution in [1.29, 1.82) is 0 Å². The molecule has 0 saturated heterocycles. The van der Waals surface area contributed by atoms with Crippen LogP contribution in [-0.4, -0.2) is 14.2 Å². The molecule has 2 N–H and O–H groups in total. The van der Waals surface area contributed by atoms with E-state index in [0.717, 1.165) is 16.9 Å². The molecule has 0 aliphatic heterocycles. The zero-order valence-corrected chi connectivity index (χ0v) is 12.5. The zero-order valence-electron chi connectivity index (χ0n) is 12.5. The van der Waals surface area contributed by atoms with Crippen LogP contribution in [0.4, 0.5) is 4.39 Å². The third-order valence-electron chi connectivity index (χ3n) is 3.56. The highest BCUT2D eigenvalue weighted by Crippen LogP contribution is 2.27. The highest BCUT2D eigenvalue weighted by Gasteiger charge is 2.14. The topological polar surface area (TPSA) is 44.5 Å². The van der Waals surface area contributed by atoms with Gasteiger partial charge < -0.3 is 15.2 Å². The van der Waals surface area contributed by atoms with E-state index in [0.29, 0.717) is 12.0 Å². The molecule has 0 bridgehead atoms. The Morgan fingerprint density at radius 3 is 2.48 bits per heavy atom. The van der Waals surface area contributed by atoms with Gasteiger partial charge in [-0.25, -0.2) is 4.39 Å². The van der Waals surface area contributed by atoms with Gasteiger partial charge in [0.05, 0.1) is 14.2 Å². The van der Waals surface area contributed by atoms with Gasteiger partial charge in [-0.1, -0.05) is 24.3 Å². The Morgan fingerprint density at radius 2 is 1.81 bits per heavy atom. The third-order valence-corrected chi connectivity index (χ3v) is 3.56. The molecule has 21 heavy (non-hydrogen) atoms. The Labute approximate surface area is 124 Å². The molecule has 0 spiro atoms. The van der Waals surface area contributed by atoms with Gasteiger partial charge in [0, 0.05) is 6.04 Å². The summed E-state index contributed by atoms with van der Waals surface area (Å²) >= 11 is 0. The third kappa shape index (κ3) is 3.34. The van der Waals surface area contributed by atoms with Crippen LogP contribution in [0.15, 0.2) is 36.4 Å². The molecule has 2 rings (SSSR count). The lowest BCUT2D eigenvalue weighted by Gasteiger charge is -2.15. The molecule has 0 saturated carbocycles. The molecule has 4 heteroatoms. The summed E-state index contributed by atoms with van der Waals surface area (Å²) in [5, 5.41) is 0. The van der Waals surface area contributed by atoms with Crippen molar-refractivity contribution in [2.24, 2.45) is 5.73 Å². The fourth-order valence-electron chi connectivity index (χ4n) is 2.29. The molecule has 0 aromatic heterocycles. The van der Waals surface area contributed by atoms with Crippen molar-refractivity contribution in [2.45, 2.75) is 19.4 Å². The van der Waals surface area contributed by atoms with Crippen LogP contribution in [0.2, 0.25) is 0 Å². The molecule has 0 amide bonds. The molecule has 2 aromatic rings. The van der Waals surface area contributed by atoms with Gasteiger partial charge in [0.2, 0.25) is 0 Å². The quantitative estimate of drug-likeness (QED) is 0.917. The minimum Gasteiger partial charge on any atom is -0.496 e. The van der Waals surface area contributed by atoms with Crippen LogP contribution in [0.1, 0.15) is 22.7 Å². The first-order valence-electron chi connectivity index (χ1n) is 6.78. The smallest absolute Gasteiger partial charge is 0.168 e. The van der Waals surface area contributed by atoms with Crippen LogP contribution in [0, 0.1) is 12.7 Å². The Morgan fingerprint density at radius 1 is 1.10 bits per heavy atom. The number of hydrogen-bond donors (Lipinski definition) is 1. The van der Waals surface area contributed by atoms with Gasteiger partial charge in [-0.2, -0.15) is 0 Å². The van der Waals surface area contributed by atoms with Crippen LogP contribution >= 0.6 is 0 Å². The largest absolute Gasteiger partial charge is 0.496 e. The van der Waals surface area contributed by atoms with Gasteiger partial charge in [0.15, 0.2) is 11.6 Å². The van der Waals surface area contributed by atoms with E-state index in [9.17, 15) is 4.39 Å². The number of methoxy groups -OCH3 is 2. The summed E-state index contributed by atoms with van der Waals surface area (Å²) in [5.74, 6) is 0.671. The molecule has 3 nitrogen and oxygen atoms in total. The number of ether oxygens (including phenoxy) is 2. The highest BCUT2D eigenvalue weighted by atomic mass is 19.1. The van der Waals surface area contributed by atoms with Crippen LogP contribution in [0.25, 0.3) is 0 Å². The fourth-order valence-corrected chi connectivity index (χ4v) is 2.29. The summed E-state index contributed by atoms with van der Waals surface area (Å²) in [5.41, 5.74) is 8.70. The number of rotatable bonds is 5. The van der Waals surface area contributed by atoms with Gasteiger partial charge >= 0.3 is 0 Å². The minimum atomic E-state index is -0.352. The molecule has 2 aromatic carbocycles. The van der Waals surface area contributed by atoms with E-state index in [1.807, 2.05) is 25.1 Å². The van der Waals surface area contributed by atoms with Crippen LogP contribution in [-0.2, 0) is 6.42 Å². The first-order chi connectivity index (χ1) is 10.1. The van der Waals surface area contributed by atoms with Crippen molar-refractivity contribution in [2.75, 3.05) is 14.2 Å². The van der Waals surface area contributed by atoms with Gasteiger partial charge in [-0.05, 0) is 42.2 Å². The van der Waals surface area contributed by atoms with Crippen molar-refractivity contribution in [3.63, 3.8) is 0 Å². The van der Waals surface area contributed by atoms with Gasteiger partial charge in [-0.3, -0.25) is 0 Å². The van der Waals surface area contributed by atoms with E-state index in [2.05, 4.69) is 0 Å². The number of aryl methyl sites for hydroxylation is 1. The Kier molecular flexibility index (Phi) is 4.81. The van der Waals surface area contributed by atoms with Crippen molar-refractivity contribution in [3.8, 4) is 11.5 Å². The molecule has 0 aliphatic carbocycles. The molecule has 0 heterocycles. The summed E-state index contributed by atoms with van der Waals surface area (Å²) in [7, 11) is 3.08. The second kappa shape index (κ2) is 6.59. The average molecular weight is 289 g/mol. The average Bonchev–Trinajstić information content (AvgIpc) is 2.49. The van der Waals surface area contributed by atoms with E-state index in [-0.39, 0.29) is 17.6 Å². The standard InChI is InChI=1S/C17H20FNO2/c1-11-7-8-12(10-16(11)21-3)14(19)9-13-5-4-6-15(20-2)17(13)18/h4-8,10,14H,9,19H2,1-3H3. The summed E-state index contributed by atoms with van der Waals surface area (Å²) in [6, 6.07) is 10.6. The van der Waals surface area contributed by atoms with E-state index < -0.39 is 0 Å². The molecule has 0 radical (unpaired) electrons. The van der Waals surface area contributed by atoms with Gasteiger partial charge in [-0.15, -0.1) is 0 Å². The molecular weight excluding hydrogens is 269 g/mol. The Balaban J connectivity index is 2.24. The van der Waals surface area contributed by atoms with Crippen LogP contribution < -0.4 is 15.2 Å². The van der Waals surface area contributed by atoms with Gasteiger partial charge in [0.1, 0.15) is 5.75 Å². The SMILES string of the molecule is COc1cc(C(N)Cc2cccc(OC)c2F)ccc1C. The maximum absolute atomic E-state index is 14.2. The predicted octanol–water partition coefficient (Wildman–Crippen LogP) is 3.39. The fraction of sp³-hybridized carbons (Fsp3) is 0.294. The highest BCUT2D eigenvalue weighted by molar-refractivity contribution is 5.39. The lowest BCUT2D eigenvalue weighted by Crippen LogP contribution is -2.14. The maximum Gasteiger partial charge on any atom is 0.168 e. The Bertz CT molecular complexity index is 628.